The molecular weight excluding hydrogens is 296 g/mol. The maximum absolute atomic E-state index is 13.6. The lowest BCUT2D eigenvalue weighted by atomic mass is 10.1. The first-order chi connectivity index (χ1) is 9.83. The summed E-state index contributed by atoms with van der Waals surface area (Å²) in [6.07, 6.45) is 0. The number of aryl methyl sites for hydroxylation is 1. The van der Waals surface area contributed by atoms with Crippen LogP contribution in [0.2, 0.25) is 0 Å². The maximum atomic E-state index is 13.6. The summed E-state index contributed by atoms with van der Waals surface area (Å²) in [6, 6.07) is 8.89. The fraction of sp³-hybridized carbons (Fsp3) is 0.133. The second-order valence-corrected chi connectivity index (χ2v) is 6.54. The van der Waals surface area contributed by atoms with E-state index in [-0.39, 0.29) is 0 Å². The van der Waals surface area contributed by atoms with Gasteiger partial charge in [0, 0.05) is 6.07 Å². The minimum absolute atomic E-state index is 0.410. The number of sulfone groups is 1. The molecule has 0 N–H and O–H groups in total. The van der Waals surface area contributed by atoms with Crippen molar-refractivity contribution in [2.24, 2.45) is 0 Å². The molecule has 108 valence electrons. The number of nitriles is 1. The number of benzene rings is 2. The second-order valence-electron chi connectivity index (χ2n) is 4.59. The van der Waals surface area contributed by atoms with Crippen LogP contribution in [-0.2, 0) is 15.6 Å². The lowest BCUT2D eigenvalue weighted by Crippen LogP contribution is -2.08. The Labute approximate surface area is 121 Å². The van der Waals surface area contributed by atoms with Crippen LogP contribution in [-0.4, -0.2) is 8.42 Å². The van der Waals surface area contributed by atoms with E-state index in [1.165, 1.54) is 12.1 Å². The highest BCUT2D eigenvalue weighted by molar-refractivity contribution is 7.90. The zero-order valence-electron chi connectivity index (χ0n) is 11.1. The minimum Gasteiger partial charge on any atom is -0.223 e. The smallest absolute Gasteiger partial charge is 0.185 e. The van der Waals surface area contributed by atoms with Crippen molar-refractivity contribution in [3.63, 3.8) is 0 Å². The molecule has 0 aliphatic rings. The number of halogens is 2. The quantitative estimate of drug-likeness (QED) is 0.819. The van der Waals surface area contributed by atoms with Crippen LogP contribution >= 0.6 is 0 Å². The molecular formula is C15H11F2NO2S. The van der Waals surface area contributed by atoms with Gasteiger partial charge in [0.05, 0.1) is 17.4 Å². The highest BCUT2D eigenvalue weighted by Crippen LogP contribution is 2.22. The van der Waals surface area contributed by atoms with Crippen molar-refractivity contribution < 1.29 is 17.2 Å². The predicted octanol–water partition coefficient (Wildman–Crippen LogP) is 3.12. The largest absolute Gasteiger partial charge is 0.223 e. The van der Waals surface area contributed by atoms with Crippen molar-refractivity contribution in [2.45, 2.75) is 17.6 Å². The molecule has 0 saturated carbocycles. The van der Waals surface area contributed by atoms with Crippen LogP contribution in [0.4, 0.5) is 8.78 Å². The summed E-state index contributed by atoms with van der Waals surface area (Å²) >= 11 is 0. The standard InChI is InChI=1S/C15H11F2NO2S/c1-10-6-11(8-18)2-3-12(10)9-21(19,20)15-5-4-13(16)7-14(15)17/h2-7H,9H2,1H3. The van der Waals surface area contributed by atoms with E-state index in [0.29, 0.717) is 22.8 Å². The molecule has 0 aliphatic carbocycles. The van der Waals surface area contributed by atoms with Gasteiger partial charge in [-0.25, -0.2) is 17.2 Å². The molecule has 21 heavy (non-hydrogen) atoms. The first kappa shape index (κ1) is 15.1. The molecule has 2 aromatic rings. The third kappa shape index (κ3) is 3.26. The summed E-state index contributed by atoms with van der Waals surface area (Å²) in [4.78, 5) is -0.535. The minimum atomic E-state index is -3.93. The van der Waals surface area contributed by atoms with Gasteiger partial charge >= 0.3 is 0 Å². The molecule has 0 amide bonds. The maximum Gasteiger partial charge on any atom is 0.185 e. The van der Waals surface area contributed by atoms with Gasteiger partial charge in [0.15, 0.2) is 9.84 Å². The summed E-state index contributed by atoms with van der Waals surface area (Å²) < 4.78 is 50.9. The Bertz CT molecular complexity index is 839. The molecule has 0 radical (unpaired) electrons. The molecule has 2 aromatic carbocycles. The van der Waals surface area contributed by atoms with Crippen LogP contribution in [0.15, 0.2) is 41.3 Å². The van der Waals surface area contributed by atoms with Gasteiger partial charge in [0.1, 0.15) is 16.5 Å². The van der Waals surface area contributed by atoms with Crippen molar-refractivity contribution in [1.82, 2.24) is 0 Å². The van der Waals surface area contributed by atoms with Crippen LogP contribution in [0, 0.1) is 29.9 Å². The first-order valence-corrected chi connectivity index (χ1v) is 7.66. The third-order valence-corrected chi connectivity index (χ3v) is 4.74. The molecule has 6 heteroatoms. The van der Waals surface area contributed by atoms with E-state index in [1.54, 1.807) is 13.0 Å². The van der Waals surface area contributed by atoms with E-state index >= 15 is 0 Å². The van der Waals surface area contributed by atoms with Crippen molar-refractivity contribution in [1.29, 1.82) is 5.26 Å². The molecule has 0 bridgehead atoms. The van der Waals surface area contributed by atoms with E-state index in [0.717, 1.165) is 12.1 Å². The van der Waals surface area contributed by atoms with Gasteiger partial charge in [-0.1, -0.05) is 6.07 Å². The van der Waals surface area contributed by atoms with Crippen molar-refractivity contribution >= 4 is 9.84 Å². The Morgan fingerprint density at radius 1 is 1.14 bits per heavy atom. The van der Waals surface area contributed by atoms with Crippen LogP contribution in [0.1, 0.15) is 16.7 Å². The van der Waals surface area contributed by atoms with E-state index < -0.39 is 32.1 Å². The van der Waals surface area contributed by atoms with Gasteiger partial charge in [-0.05, 0) is 42.3 Å². The van der Waals surface area contributed by atoms with Gasteiger partial charge < -0.3 is 0 Å². The molecule has 0 fully saturated rings. The fourth-order valence-corrected chi connectivity index (χ4v) is 3.46. The summed E-state index contributed by atoms with van der Waals surface area (Å²) in [5, 5.41) is 8.77. The number of nitrogens with zero attached hydrogens (tertiary/aromatic N) is 1. The molecule has 2 rings (SSSR count). The Kier molecular flexibility index (Phi) is 4.05. The van der Waals surface area contributed by atoms with Crippen LogP contribution in [0.5, 0.6) is 0 Å². The Hall–Kier alpha value is -2.26. The van der Waals surface area contributed by atoms with Crippen LogP contribution in [0.25, 0.3) is 0 Å². The highest BCUT2D eigenvalue weighted by Gasteiger charge is 2.21. The van der Waals surface area contributed by atoms with Gasteiger partial charge in [0.25, 0.3) is 0 Å². The van der Waals surface area contributed by atoms with Gasteiger partial charge in [-0.2, -0.15) is 5.26 Å². The van der Waals surface area contributed by atoms with Crippen molar-refractivity contribution in [3.8, 4) is 6.07 Å². The number of rotatable bonds is 3. The lowest BCUT2D eigenvalue weighted by molar-refractivity contribution is 0.548. The highest BCUT2D eigenvalue weighted by atomic mass is 32.2. The topological polar surface area (TPSA) is 57.9 Å². The SMILES string of the molecule is Cc1cc(C#N)ccc1CS(=O)(=O)c1ccc(F)cc1F. The van der Waals surface area contributed by atoms with E-state index in [4.69, 9.17) is 5.26 Å². The summed E-state index contributed by atoms with van der Waals surface area (Å²) in [6.45, 7) is 1.67. The average molecular weight is 307 g/mol. The zero-order chi connectivity index (χ0) is 15.6. The molecule has 0 unspecified atom stereocenters. The molecule has 0 heterocycles. The second kappa shape index (κ2) is 5.62. The molecule has 0 aliphatic heterocycles. The summed E-state index contributed by atoms with van der Waals surface area (Å²) in [7, 11) is -3.93. The number of hydrogen-bond acceptors (Lipinski definition) is 3. The van der Waals surface area contributed by atoms with E-state index in [9.17, 15) is 17.2 Å². The average Bonchev–Trinajstić information content (AvgIpc) is 2.40. The Morgan fingerprint density at radius 2 is 1.86 bits per heavy atom. The fourth-order valence-electron chi connectivity index (χ4n) is 1.94. The van der Waals surface area contributed by atoms with Gasteiger partial charge in [0.2, 0.25) is 0 Å². The summed E-state index contributed by atoms with van der Waals surface area (Å²) in [5.41, 5.74) is 1.51. The molecule has 0 spiro atoms. The summed E-state index contributed by atoms with van der Waals surface area (Å²) in [5.74, 6) is -2.35. The normalized spacial score (nSPS) is 11.1. The van der Waals surface area contributed by atoms with Crippen LogP contribution < -0.4 is 0 Å². The van der Waals surface area contributed by atoms with E-state index in [2.05, 4.69) is 0 Å². The van der Waals surface area contributed by atoms with E-state index in [1.807, 2.05) is 6.07 Å². The zero-order valence-corrected chi connectivity index (χ0v) is 11.9. The number of hydrogen-bond donors (Lipinski definition) is 0. The van der Waals surface area contributed by atoms with Crippen molar-refractivity contribution in [2.75, 3.05) is 0 Å². The van der Waals surface area contributed by atoms with Gasteiger partial charge in [-0.3, -0.25) is 0 Å². The molecule has 3 nitrogen and oxygen atoms in total. The van der Waals surface area contributed by atoms with Crippen molar-refractivity contribution in [3.05, 3.63) is 64.7 Å². The Morgan fingerprint density at radius 3 is 2.43 bits per heavy atom. The monoisotopic (exact) mass is 307 g/mol. The third-order valence-electron chi connectivity index (χ3n) is 3.05. The lowest BCUT2D eigenvalue weighted by Gasteiger charge is -2.08. The molecule has 0 atom stereocenters. The predicted molar refractivity (Wildman–Crippen MR) is 73.1 cm³/mol. The molecule has 0 aromatic heterocycles. The Balaban J connectivity index is 2.40. The molecule has 0 saturated heterocycles. The first-order valence-electron chi connectivity index (χ1n) is 6.01. The van der Waals surface area contributed by atoms with Crippen LogP contribution in [0.3, 0.4) is 0 Å². The van der Waals surface area contributed by atoms with Gasteiger partial charge in [-0.15, -0.1) is 0 Å².